The van der Waals surface area contributed by atoms with Crippen LogP contribution in [0.1, 0.15) is 5.56 Å². The molecule has 2 aromatic rings. The summed E-state index contributed by atoms with van der Waals surface area (Å²) in [6, 6.07) is 19.4. The highest BCUT2D eigenvalue weighted by Gasteiger charge is 2.10. The van der Waals surface area contributed by atoms with Crippen LogP contribution in [-0.4, -0.2) is 49.9 Å². The highest BCUT2D eigenvalue weighted by Crippen LogP contribution is 2.20. The van der Waals surface area contributed by atoms with Crippen LogP contribution >= 0.6 is 47.5 Å². The lowest BCUT2D eigenvalue weighted by Crippen LogP contribution is -2.38. The zero-order chi connectivity index (χ0) is 18.7. The molecule has 7 heteroatoms. The topological polar surface area (TPSA) is 39.7 Å². The van der Waals surface area contributed by atoms with Crippen LogP contribution in [0.15, 0.2) is 64.5 Å². The van der Waals surface area contributed by atoms with E-state index in [1.807, 2.05) is 36.6 Å². The lowest BCUT2D eigenvalue weighted by molar-refractivity contribution is 0.830. The quantitative estimate of drug-likeness (QED) is 0.184. The molecule has 0 amide bonds. The number of halogens is 1. The standard InChI is InChI=1S/C21H28N4S2.HI/c1-22-21(23-11-14-27-20-5-3-2-4-6-20)24-17-18-7-9-19(10-8-18)25-12-15-26-16-13-25;/h2-10H,11-17H2,1H3,(H2,22,23,24);1H. The zero-order valence-electron chi connectivity index (χ0n) is 16.3. The first-order valence-corrected chi connectivity index (χ1v) is 11.5. The summed E-state index contributed by atoms with van der Waals surface area (Å²) in [7, 11) is 1.82. The second-order valence-corrected chi connectivity index (χ2v) is 8.67. The Hall–Kier alpha value is -1.06. The van der Waals surface area contributed by atoms with Gasteiger partial charge in [0.2, 0.25) is 0 Å². The number of benzene rings is 2. The van der Waals surface area contributed by atoms with Gasteiger partial charge >= 0.3 is 0 Å². The Morgan fingerprint density at radius 1 is 1.04 bits per heavy atom. The monoisotopic (exact) mass is 528 g/mol. The van der Waals surface area contributed by atoms with Crippen molar-refractivity contribution in [1.82, 2.24) is 10.6 Å². The summed E-state index contributed by atoms with van der Waals surface area (Å²) in [6.07, 6.45) is 0. The number of hydrogen-bond acceptors (Lipinski definition) is 4. The van der Waals surface area contributed by atoms with E-state index in [0.29, 0.717) is 0 Å². The first-order chi connectivity index (χ1) is 13.3. The third-order valence-corrected chi connectivity index (χ3v) is 6.36. The van der Waals surface area contributed by atoms with E-state index in [1.54, 1.807) is 0 Å². The lowest BCUT2D eigenvalue weighted by atomic mass is 10.2. The fourth-order valence-corrected chi connectivity index (χ4v) is 4.60. The summed E-state index contributed by atoms with van der Waals surface area (Å²) in [5.41, 5.74) is 2.60. The highest BCUT2D eigenvalue weighted by atomic mass is 127. The second-order valence-electron chi connectivity index (χ2n) is 6.28. The molecule has 1 fully saturated rings. The maximum Gasteiger partial charge on any atom is 0.191 e. The molecule has 0 spiro atoms. The Balaban J connectivity index is 0.00000280. The molecule has 0 unspecified atom stereocenters. The minimum atomic E-state index is 0. The van der Waals surface area contributed by atoms with E-state index >= 15 is 0 Å². The molecule has 0 aliphatic carbocycles. The second kappa shape index (κ2) is 13.2. The number of aliphatic imine (C=N–C) groups is 1. The average molecular weight is 529 g/mol. The molecule has 0 bridgehead atoms. The molecular formula is C21H29IN4S2. The van der Waals surface area contributed by atoms with Crippen LogP contribution in [0.2, 0.25) is 0 Å². The number of nitrogens with one attached hydrogen (secondary N) is 2. The predicted molar refractivity (Wildman–Crippen MR) is 137 cm³/mol. The highest BCUT2D eigenvalue weighted by molar-refractivity contribution is 14.0. The predicted octanol–water partition coefficient (Wildman–Crippen LogP) is 4.32. The van der Waals surface area contributed by atoms with Crippen molar-refractivity contribution in [3.05, 3.63) is 60.2 Å². The number of nitrogens with zero attached hydrogens (tertiary/aromatic N) is 2. The Bertz CT molecular complexity index is 704. The first kappa shape index (κ1) is 23.2. The SMILES string of the molecule is CN=C(NCCSc1ccccc1)NCc1ccc(N2CCSCC2)cc1.I. The maximum atomic E-state index is 4.31. The fourth-order valence-electron chi connectivity index (χ4n) is 2.91. The summed E-state index contributed by atoms with van der Waals surface area (Å²) in [5, 5.41) is 6.78. The molecule has 1 aliphatic rings. The summed E-state index contributed by atoms with van der Waals surface area (Å²) in [6.45, 7) is 3.96. The molecule has 0 atom stereocenters. The number of guanidine groups is 1. The Morgan fingerprint density at radius 2 is 1.75 bits per heavy atom. The molecule has 0 saturated carbocycles. The van der Waals surface area contributed by atoms with E-state index in [-0.39, 0.29) is 24.0 Å². The van der Waals surface area contributed by atoms with Gasteiger partial charge in [0.1, 0.15) is 0 Å². The number of hydrogen-bond donors (Lipinski definition) is 2. The van der Waals surface area contributed by atoms with Crippen molar-refractivity contribution in [1.29, 1.82) is 0 Å². The molecule has 28 heavy (non-hydrogen) atoms. The molecule has 0 radical (unpaired) electrons. The van der Waals surface area contributed by atoms with Gasteiger partial charge in [-0.15, -0.1) is 35.7 Å². The van der Waals surface area contributed by atoms with Crippen LogP contribution in [0.4, 0.5) is 5.69 Å². The van der Waals surface area contributed by atoms with Gasteiger partial charge in [-0.1, -0.05) is 30.3 Å². The Kier molecular flexibility index (Phi) is 11.0. The normalized spacial score (nSPS) is 14.3. The van der Waals surface area contributed by atoms with Crippen LogP contribution in [0.3, 0.4) is 0 Å². The van der Waals surface area contributed by atoms with Crippen molar-refractivity contribution in [3.63, 3.8) is 0 Å². The molecule has 4 nitrogen and oxygen atoms in total. The molecule has 1 heterocycles. The van der Waals surface area contributed by atoms with Crippen LogP contribution in [0, 0.1) is 0 Å². The van der Waals surface area contributed by atoms with Gasteiger partial charge in [-0.05, 0) is 29.8 Å². The van der Waals surface area contributed by atoms with Gasteiger partial charge in [-0.2, -0.15) is 11.8 Å². The van der Waals surface area contributed by atoms with Gasteiger partial charge in [-0.25, -0.2) is 0 Å². The van der Waals surface area contributed by atoms with Gasteiger partial charge < -0.3 is 15.5 Å². The number of anilines is 1. The molecule has 0 aromatic heterocycles. The van der Waals surface area contributed by atoms with Crippen molar-refractivity contribution in [3.8, 4) is 0 Å². The summed E-state index contributed by atoms with van der Waals surface area (Å²) in [4.78, 5) is 8.08. The molecule has 1 aliphatic heterocycles. The van der Waals surface area contributed by atoms with Crippen LogP contribution in [-0.2, 0) is 6.54 Å². The van der Waals surface area contributed by atoms with Crippen molar-refractivity contribution in [2.45, 2.75) is 11.4 Å². The zero-order valence-corrected chi connectivity index (χ0v) is 20.2. The number of rotatable bonds is 7. The fraction of sp³-hybridized carbons (Fsp3) is 0.381. The van der Waals surface area contributed by atoms with E-state index in [2.05, 4.69) is 69.1 Å². The molecule has 2 aromatic carbocycles. The van der Waals surface area contributed by atoms with Crippen LogP contribution in [0.5, 0.6) is 0 Å². The molecule has 2 N–H and O–H groups in total. The Labute approximate surface area is 194 Å². The Morgan fingerprint density at radius 3 is 2.43 bits per heavy atom. The third-order valence-electron chi connectivity index (χ3n) is 4.40. The molecule has 1 saturated heterocycles. The third kappa shape index (κ3) is 7.75. The average Bonchev–Trinajstić information content (AvgIpc) is 2.75. The van der Waals surface area contributed by atoms with Crippen molar-refractivity contribution in [2.75, 3.05) is 48.8 Å². The van der Waals surface area contributed by atoms with Gasteiger partial charge in [0.25, 0.3) is 0 Å². The van der Waals surface area contributed by atoms with Gasteiger partial charge in [-0.3, -0.25) is 4.99 Å². The minimum absolute atomic E-state index is 0. The summed E-state index contributed by atoms with van der Waals surface area (Å²) in [5.74, 6) is 4.32. The van der Waals surface area contributed by atoms with Gasteiger partial charge in [0, 0.05) is 61.1 Å². The van der Waals surface area contributed by atoms with Crippen molar-refractivity contribution < 1.29 is 0 Å². The van der Waals surface area contributed by atoms with Gasteiger partial charge in [0.15, 0.2) is 5.96 Å². The lowest BCUT2D eigenvalue weighted by Gasteiger charge is -2.28. The summed E-state index contributed by atoms with van der Waals surface area (Å²) >= 11 is 3.89. The number of thioether (sulfide) groups is 2. The molecule has 3 rings (SSSR count). The van der Waals surface area contributed by atoms with E-state index < -0.39 is 0 Å². The molecular weight excluding hydrogens is 499 g/mol. The van der Waals surface area contributed by atoms with Crippen LogP contribution < -0.4 is 15.5 Å². The van der Waals surface area contributed by atoms with E-state index in [1.165, 1.54) is 27.7 Å². The van der Waals surface area contributed by atoms with Crippen LogP contribution in [0.25, 0.3) is 0 Å². The summed E-state index contributed by atoms with van der Waals surface area (Å²) < 4.78 is 0. The molecule has 152 valence electrons. The largest absolute Gasteiger partial charge is 0.370 e. The van der Waals surface area contributed by atoms with E-state index in [4.69, 9.17) is 0 Å². The van der Waals surface area contributed by atoms with Crippen molar-refractivity contribution >= 4 is 59.1 Å². The first-order valence-electron chi connectivity index (χ1n) is 9.39. The van der Waals surface area contributed by atoms with Gasteiger partial charge in [0.05, 0.1) is 0 Å². The van der Waals surface area contributed by atoms with E-state index in [0.717, 1.165) is 37.9 Å². The minimum Gasteiger partial charge on any atom is -0.370 e. The maximum absolute atomic E-state index is 4.31. The smallest absolute Gasteiger partial charge is 0.191 e. The van der Waals surface area contributed by atoms with Crippen molar-refractivity contribution in [2.24, 2.45) is 4.99 Å². The van der Waals surface area contributed by atoms with E-state index in [9.17, 15) is 0 Å².